The van der Waals surface area contributed by atoms with Gasteiger partial charge in [0.05, 0.1) is 0 Å². The first kappa shape index (κ1) is 14.2. The maximum atomic E-state index is 5.97. The number of hydrogen-bond donors (Lipinski definition) is 1. The van der Waals surface area contributed by atoms with Crippen molar-refractivity contribution in [2.24, 2.45) is 11.1 Å². The molecule has 1 atom stereocenters. The minimum atomic E-state index is 0.284. The van der Waals surface area contributed by atoms with E-state index in [9.17, 15) is 0 Å². The van der Waals surface area contributed by atoms with Gasteiger partial charge in [0, 0.05) is 38.1 Å². The quantitative estimate of drug-likeness (QED) is 0.849. The van der Waals surface area contributed by atoms with E-state index >= 15 is 0 Å². The SMILES string of the molecule is CC(C)(C)C1=CCN(C(CN)c2cccnc2)CC1. The van der Waals surface area contributed by atoms with E-state index in [1.807, 2.05) is 18.5 Å². The molecule has 1 aliphatic rings. The van der Waals surface area contributed by atoms with E-state index in [1.165, 1.54) is 5.56 Å². The average Bonchev–Trinajstić information content (AvgIpc) is 2.40. The Morgan fingerprint density at radius 2 is 2.21 bits per heavy atom. The molecule has 1 aromatic heterocycles. The summed E-state index contributed by atoms with van der Waals surface area (Å²) in [4.78, 5) is 6.66. The van der Waals surface area contributed by atoms with Gasteiger partial charge in [0.2, 0.25) is 0 Å². The van der Waals surface area contributed by atoms with Crippen LogP contribution in [0.3, 0.4) is 0 Å². The van der Waals surface area contributed by atoms with Crippen molar-refractivity contribution >= 4 is 0 Å². The molecule has 0 fully saturated rings. The average molecular weight is 259 g/mol. The summed E-state index contributed by atoms with van der Waals surface area (Å²) in [6, 6.07) is 4.39. The van der Waals surface area contributed by atoms with Gasteiger partial charge in [-0.1, -0.05) is 38.5 Å². The molecule has 0 saturated heterocycles. The van der Waals surface area contributed by atoms with Gasteiger partial charge < -0.3 is 5.73 Å². The van der Waals surface area contributed by atoms with Gasteiger partial charge in [0.15, 0.2) is 0 Å². The lowest BCUT2D eigenvalue weighted by atomic mass is 9.82. The Morgan fingerprint density at radius 1 is 1.42 bits per heavy atom. The number of nitrogens with two attached hydrogens (primary N) is 1. The van der Waals surface area contributed by atoms with Gasteiger partial charge in [-0.15, -0.1) is 0 Å². The highest BCUT2D eigenvalue weighted by Gasteiger charge is 2.25. The molecule has 1 unspecified atom stereocenters. The van der Waals surface area contributed by atoms with Crippen LogP contribution in [0.4, 0.5) is 0 Å². The molecule has 3 heteroatoms. The van der Waals surface area contributed by atoms with Crippen LogP contribution in [0.5, 0.6) is 0 Å². The van der Waals surface area contributed by atoms with Crippen molar-refractivity contribution in [2.75, 3.05) is 19.6 Å². The first-order valence-electron chi connectivity index (χ1n) is 7.06. The molecule has 3 nitrogen and oxygen atoms in total. The zero-order valence-electron chi connectivity index (χ0n) is 12.3. The molecule has 1 aliphatic heterocycles. The second-order valence-electron chi connectivity index (χ2n) is 6.26. The van der Waals surface area contributed by atoms with Gasteiger partial charge in [-0.25, -0.2) is 0 Å². The minimum Gasteiger partial charge on any atom is -0.329 e. The standard InChI is InChI=1S/C16H25N3/c1-16(2,3)14-6-9-19(10-7-14)15(11-17)13-5-4-8-18-12-13/h4-6,8,12,15H,7,9-11,17H2,1-3H3. The fourth-order valence-electron chi connectivity index (χ4n) is 2.72. The Kier molecular flexibility index (Phi) is 4.38. The molecule has 2 heterocycles. The van der Waals surface area contributed by atoms with E-state index in [0.29, 0.717) is 12.0 Å². The van der Waals surface area contributed by atoms with Crippen molar-refractivity contribution in [3.05, 3.63) is 41.7 Å². The van der Waals surface area contributed by atoms with Crippen LogP contribution >= 0.6 is 0 Å². The lowest BCUT2D eigenvalue weighted by Gasteiger charge is -2.36. The fraction of sp³-hybridized carbons (Fsp3) is 0.562. The molecule has 0 amide bonds. The van der Waals surface area contributed by atoms with Gasteiger partial charge in [-0.05, 0) is 23.5 Å². The summed E-state index contributed by atoms with van der Waals surface area (Å²) in [7, 11) is 0. The van der Waals surface area contributed by atoms with Gasteiger partial charge in [0.25, 0.3) is 0 Å². The zero-order chi connectivity index (χ0) is 13.9. The Bertz CT molecular complexity index is 431. The molecular formula is C16H25N3. The topological polar surface area (TPSA) is 42.1 Å². The third-order valence-corrected chi connectivity index (χ3v) is 3.94. The molecular weight excluding hydrogens is 234 g/mol. The highest BCUT2D eigenvalue weighted by Crippen LogP contribution is 2.32. The summed E-state index contributed by atoms with van der Waals surface area (Å²) in [5, 5.41) is 0. The Labute approximate surface area is 116 Å². The van der Waals surface area contributed by atoms with Crippen LogP contribution in [0.2, 0.25) is 0 Å². The lowest BCUT2D eigenvalue weighted by Crippen LogP contribution is -2.38. The van der Waals surface area contributed by atoms with E-state index < -0.39 is 0 Å². The van der Waals surface area contributed by atoms with Gasteiger partial charge in [-0.2, -0.15) is 0 Å². The largest absolute Gasteiger partial charge is 0.329 e. The highest BCUT2D eigenvalue weighted by molar-refractivity contribution is 5.19. The van der Waals surface area contributed by atoms with E-state index in [2.05, 4.69) is 42.8 Å². The molecule has 19 heavy (non-hydrogen) atoms. The second-order valence-corrected chi connectivity index (χ2v) is 6.26. The zero-order valence-corrected chi connectivity index (χ0v) is 12.3. The first-order valence-corrected chi connectivity index (χ1v) is 7.06. The van der Waals surface area contributed by atoms with Crippen LogP contribution in [-0.4, -0.2) is 29.5 Å². The molecule has 0 aromatic carbocycles. The maximum absolute atomic E-state index is 5.97. The lowest BCUT2D eigenvalue weighted by molar-refractivity contribution is 0.209. The fourth-order valence-corrected chi connectivity index (χ4v) is 2.72. The summed E-state index contributed by atoms with van der Waals surface area (Å²) in [5.74, 6) is 0. The predicted molar refractivity (Wildman–Crippen MR) is 79.8 cm³/mol. The molecule has 0 aliphatic carbocycles. The van der Waals surface area contributed by atoms with Crippen molar-refractivity contribution in [1.82, 2.24) is 9.88 Å². The third kappa shape index (κ3) is 3.43. The van der Waals surface area contributed by atoms with Gasteiger partial charge >= 0.3 is 0 Å². The van der Waals surface area contributed by atoms with E-state index in [-0.39, 0.29) is 6.04 Å². The van der Waals surface area contributed by atoms with E-state index in [1.54, 1.807) is 5.57 Å². The second kappa shape index (κ2) is 5.85. The van der Waals surface area contributed by atoms with Crippen LogP contribution < -0.4 is 5.73 Å². The van der Waals surface area contributed by atoms with Crippen LogP contribution in [0.25, 0.3) is 0 Å². The van der Waals surface area contributed by atoms with Crippen molar-refractivity contribution in [1.29, 1.82) is 0 Å². The molecule has 0 saturated carbocycles. The molecule has 0 spiro atoms. The number of hydrogen-bond acceptors (Lipinski definition) is 3. The molecule has 1 aromatic rings. The van der Waals surface area contributed by atoms with Gasteiger partial charge in [-0.3, -0.25) is 9.88 Å². The Balaban J connectivity index is 2.10. The van der Waals surface area contributed by atoms with Crippen molar-refractivity contribution in [3.8, 4) is 0 Å². The Morgan fingerprint density at radius 3 is 2.68 bits per heavy atom. The van der Waals surface area contributed by atoms with Crippen LogP contribution in [0.15, 0.2) is 36.2 Å². The number of nitrogens with zero attached hydrogens (tertiary/aromatic N) is 2. The number of rotatable bonds is 3. The molecule has 104 valence electrons. The normalized spacial score (nSPS) is 19.1. The summed E-state index contributed by atoms with van der Waals surface area (Å²) in [5.41, 5.74) is 9.04. The summed E-state index contributed by atoms with van der Waals surface area (Å²) in [6.07, 6.45) is 7.26. The van der Waals surface area contributed by atoms with Crippen molar-refractivity contribution < 1.29 is 0 Å². The summed E-state index contributed by atoms with van der Waals surface area (Å²) < 4.78 is 0. The molecule has 2 rings (SSSR count). The van der Waals surface area contributed by atoms with Crippen LogP contribution in [0.1, 0.15) is 38.8 Å². The van der Waals surface area contributed by atoms with Gasteiger partial charge in [0.1, 0.15) is 0 Å². The number of aromatic nitrogens is 1. The molecule has 0 radical (unpaired) electrons. The smallest absolute Gasteiger partial charge is 0.0489 e. The van der Waals surface area contributed by atoms with E-state index in [4.69, 9.17) is 5.73 Å². The monoisotopic (exact) mass is 259 g/mol. The Hall–Kier alpha value is -1.19. The van der Waals surface area contributed by atoms with Crippen molar-refractivity contribution in [2.45, 2.75) is 33.2 Å². The minimum absolute atomic E-state index is 0.284. The number of pyridine rings is 1. The third-order valence-electron chi connectivity index (χ3n) is 3.94. The summed E-state index contributed by atoms with van der Waals surface area (Å²) in [6.45, 7) is 9.58. The highest BCUT2D eigenvalue weighted by atomic mass is 15.2. The van der Waals surface area contributed by atoms with E-state index in [0.717, 1.165) is 19.5 Å². The van der Waals surface area contributed by atoms with Crippen LogP contribution in [-0.2, 0) is 0 Å². The maximum Gasteiger partial charge on any atom is 0.0489 e. The molecule has 2 N–H and O–H groups in total. The van der Waals surface area contributed by atoms with Crippen molar-refractivity contribution in [3.63, 3.8) is 0 Å². The predicted octanol–water partition coefficient (Wildman–Crippen LogP) is 2.76. The first-order chi connectivity index (χ1) is 9.02. The van der Waals surface area contributed by atoms with Crippen LogP contribution in [0, 0.1) is 5.41 Å². The summed E-state index contributed by atoms with van der Waals surface area (Å²) >= 11 is 0. The molecule has 0 bridgehead atoms.